The first-order valence-corrected chi connectivity index (χ1v) is 15.5. The van der Waals surface area contributed by atoms with Crippen LogP contribution in [0.2, 0.25) is 0 Å². The largest absolute Gasteiger partial charge is 0.340 e. The van der Waals surface area contributed by atoms with Gasteiger partial charge in [-0.3, -0.25) is 14.5 Å². The average Bonchev–Trinajstić information content (AvgIpc) is 2.93. The van der Waals surface area contributed by atoms with Gasteiger partial charge in [0, 0.05) is 54.8 Å². The summed E-state index contributed by atoms with van der Waals surface area (Å²) < 4.78 is 17.6. The maximum atomic E-state index is 12.1. The quantitative estimate of drug-likeness (QED) is 0.138. The van der Waals surface area contributed by atoms with Crippen molar-refractivity contribution < 1.29 is 9.09 Å². The highest BCUT2D eigenvalue weighted by Gasteiger charge is 2.14. The number of aryl methyl sites for hydroxylation is 1. The molecule has 0 aliphatic heterocycles. The number of hydrogen-bond donors (Lipinski definition) is 2. The lowest BCUT2D eigenvalue weighted by Gasteiger charge is -2.14. The first-order chi connectivity index (χ1) is 17.9. The lowest BCUT2D eigenvalue weighted by atomic mass is 10.1. The van der Waals surface area contributed by atoms with Gasteiger partial charge in [0.2, 0.25) is 5.95 Å². The predicted molar refractivity (Wildman–Crippen MR) is 154 cm³/mol. The minimum Gasteiger partial charge on any atom is -0.340 e. The van der Waals surface area contributed by atoms with Crippen molar-refractivity contribution in [2.75, 3.05) is 30.6 Å². The van der Waals surface area contributed by atoms with Crippen molar-refractivity contribution in [2.24, 2.45) is 4.99 Å². The second-order valence-corrected chi connectivity index (χ2v) is 13.5. The molecule has 0 aliphatic carbocycles. The molecule has 37 heavy (non-hydrogen) atoms. The topological polar surface area (TPSA) is 101 Å². The number of amidine groups is 1. The number of pyridine rings is 1. The van der Waals surface area contributed by atoms with Crippen molar-refractivity contribution in [1.29, 1.82) is 0 Å². The first kappa shape index (κ1) is 26.5. The zero-order valence-electron chi connectivity index (χ0n) is 21.2. The molecule has 0 bridgehead atoms. The van der Waals surface area contributed by atoms with E-state index in [0.29, 0.717) is 12.6 Å². The summed E-state index contributed by atoms with van der Waals surface area (Å²) in [6.07, 6.45) is 7.04. The van der Waals surface area contributed by atoms with Gasteiger partial charge >= 0.3 is 0 Å². The van der Waals surface area contributed by atoms with Gasteiger partial charge in [-0.25, -0.2) is 9.97 Å². The van der Waals surface area contributed by atoms with E-state index < -0.39 is 6.57 Å². The molecule has 0 amide bonds. The highest BCUT2D eigenvalue weighted by atomic mass is 32.7. The smallest absolute Gasteiger partial charge is 0.254 e. The van der Waals surface area contributed by atoms with E-state index in [1.165, 1.54) is 11.4 Å². The molecule has 0 radical (unpaired) electrons. The lowest BCUT2D eigenvalue weighted by Crippen LogP contribution is -2.14. The third-order valence-electron chi connectivity index (χ3n) is 5.60. The Labute approximate surface area is 221 Å². The zero-order chi connectivity index (χ0) is 26.3. The number of nitrogens with zero attached hydrogens (tertiary/aromatic N) is 4. The summed E-state index contributed by atoms with van der Waals surface area (Å²) in [5.74, 6) is 1.26. The van der Waals surface area contributed by atoms with Crippen LogP contribution in [0.3, 0.4) is 0 Å². The van der Waals surface area contributed by atoms with Crippen molar-refractivity contribution in [1.82, 2.24) is 15.0 Å². The Bertz CT molecular complexity index is 1430. The maximum absolute atomic E-state index is 12.1. The number of benzene rings is 2. The molecule has 190 valence electrons. The van der Waals surface area contributed by atoms with E-state index in [0.717, 1.165) is 45.2 Å². The third-order valence-corrected chi connectivity index (χ3v) is 9.16. The molecule has 0 fully saturated rings. The summed E-state index contributed by atoms with van der Waals surface area (Å²) in [5, 5.41) is 6.70. The van der Waals surface area contributed by atoms with E-state index in [9.17, 15) is 4.57 Å². The molecule has 1 unspecified atom stereocenters. The summed E-state index contributed by atoms with van der Waals surface area (Å²) in [7, 11) is 1.75. The van der Waals surface area contributed by atoms with Crippen LogP contribution >= 0.6 is 18.0 Å². The molecule has 0 saturated carbocycles. The number of hydrogen-bond acceptors (Lipinski definition) is 8. The average molecular weight is 533 g/mol. The van der Waals surface area contributed by atoms with E-state index in [2.05, 4.69) is 30.6 Å². The standard InChI is InChI=1S/C27H29N6O2PS/c1-19-16-23(31-26(28-2)21-9-7-20(8-10-21)18-35-36(3,34)37-4)11-12-24(19)32-27-30-15-13-25(33-27)22-6-5-14-29-17-22/h5-17H,18H2,1-4H3,(H,28,31)(H,30,32,33). The number of rotatable bonds is 9. The Morgan fingerprint density at radius 1 is 1.11 bits per heavy atom. The molecule has 2 heterocycles. The summed E-state index contributed by atoms with van der Waals surface area (Å²) in [4.78, 5) is 17.6. The van der Waals surface area contributed by atoms with Gasteiger partial charge in [-0.05, 0) is 60.7 Å². The van der Waals surface area contributed by atoms with Gasteiger partial charge in [-0.1, -0.05) is 35.6 Å². The van der Waals surface area contributed by atoms with Crippen molar-refractivity contribution in [3.63, 3.8) is 0 Å². The molecule has 2 N–H and O–H groups in total. The molecule has 2 aromatic carbocycles. The molecule has 4 rings (SSSR count). The summed E-state index contributed by atoms with van der Waals surface area (Å²) in [5.41, 5.74) is 6.48. The van der Waals surface area contributed by atoms with Crippen LogP contribution in [0.4, 0.5) is 17.3 Å². The minimum absolute atomic E-state index is 0.309. The number of aromatic nitrogens is 3. The van der Waals surface area contributed by atoms with Crippen LogP contribution in [0.15, 0.2) is 84.2 Å². The van der Waals surface area contributed by atoms with Crippen molar-refractivity contribution >= 4 is 41.1 Å². The fraction of sp³-hybridized carbons (Fsp3) is 0.185. The second kappa shape index (κ2) is 12.1. The van der Waals surface area contributed by atoms with Crippen LogP contribution in [-0.4, -0.2) is 40.8 Å². The Kier molecular flexibility index (Phi) is 8.71. The molecule has 10 heteroatoms. The van der Waals surface area contributed by atoms with Crippen LogP contribution in [0.1, 0.15) is 16.7 Å². The van der Waals surface area contributed by atoms with E-state index in [4.69, 9.17) is 4.52 Å². The van der Waals surface area contributed by atoms with Crippen LogP contribution < -0.4 is 10.6 Å². The minimum atomic E-state index is -2.60. The van der Waals surface area contributed by atoms with Crippen molar-refractivity contribution in [3.05, 3.63) is 95.9 Å². The van der Waals surface area contributed by atoms with Crippen molar-refractivity contribution in [2.45, 2.75) is 13.5 Å². The molecule has 0 aliphatic rings. The maximum Gasteiger partial charge on any atom is 0.254 e. The molecule has 8 nitrogen and oxygen atoms in total. The Morgan fingerprint density at radius 3 is 2.59 bits per heavy atom. The van der Waals surface area contributed by atoms with E-state index >= 15 is 0 Å². The highest BCUT2D eigenvalue weighted by Crippen LogP contribution is 2.54. The molecule has 4 aromatic rings. The highest BCUT2D eigenvalue weighted by molar-refractivity contribution is 8.56. The molecule has 1 atom stereocenters. The summed E-state index contributed by atoms with van der Waals surface area (Å²) in [6, 6.07) is 19.6. The van der Waals surface area contributed by atoms with Crippen LogP contribution in [0.5, 0.6) is 0 Å². The van der Waals surface area contributed by atoms with Gasteiger partial charge in [-0.2, -0.15) is 0 Å². The Balaban J connectivity index is 1.43. The third kappa shape index (κ3) is 7.26. The lowest BCUT2D eigenvalue weighted by molar-refractivity contribution is 0.318. The van der Waals surface area contributed by atoms with Gasteiger partial charge in [-0.15, -0.1) is 0 Å². The summed E-state index contributed by atoms with van der Waals surface area (Å²) in [6.45, 7) is 1.36. The molecule has 2 aromatic heterocycles. The van der Waals surface area contributed by atoms with Crippen molar-refractivity contribution in [3.8, 4) is 11.3 Å². The van der Waals surface area contributed by atoms with E-state index in [1.807, 2.05) is 67.6 Å². The van der Waals surface area contributed by atoms with Crippen LogP contribution in [0, 0.1) is 6.92 Å². The normalized spacial score (nSPS) is 13.1. The molecule has 0 saturated heterocycles. The van der Waals surface area contributed by atoms with E-state index in [1.54, 1.807) is 38.6 Å². The monoisotopic (exact) mass is 532 g/mol. The Morgan fingerprint density at radius 2 is 1.92 bits per heavy atom. The predicted octanol–water partition coefficient (Wildman–Crippen LogP) is 6.78. The number of nitrogens with one attached hydrogen (secondary N) is 2. The van der Waals surface area contributed by atoms with E-state index in [-0.39, 0.29) is 0 Å². The van der Waals surface area contributed by atoms with Crippen LogP contribution in [-0.2, 0) is 15.7 Å². The summed E-state index contributed by atoms with van der Waals surface area (Å²) >= 11 is 1.25. The number of anilines is 3. The first-order valence-electron chi connectivity index (χ1n) is 11.6. The zero-order valence-corrected chi connectivity index (χ0v) is 22.9. The van der Waals surface area contributed by atoms with Gasteiger partial charge < -0.3 is 15.2 Å². The fourth-order valence-corrected chi connectivity index (χ4v) is 4.46. The van der Waals surface area contributed by atoms with Gasteiger partial charge in [0.25, 0.3) is 6.57 Å². The van der Waals surface area contributed by atoms with Gasteiger partial charge in [0.05, 0.1) is 12.3 Å². The Hall–Kier alpha value is -3.52. The molecular formula is C27H29N6O2PS. The SMILES string of the molecule is CN=C(Nc1ccc(Nc2nccc(-c3cccnc3)n2)c(C)c1)c1ccc(COP(C)(=O)SC)cc1. The molecule has 0 spiro atoms. The second-order valence-electron chi connectivity index (χ2n) is 8.28. The van der Waals surface area contributed by atoms with Gasteiger partial charge in [0.15, 0.2) is 0 Å². The number of aliphatic imine (C=N–C) groups is 1. The molecular weight excluding hydrogens is 503 g/mol. The van der Waals surface area contributed by atoms with Crippen LogP contribution in [0.25, 0.3) is 11.3 Å². The fourth-order valence-electron chi connectivity index (χ4n) is 3.49. The van der Waals surface area contributed by atoms with Gasteiger partial charge in [0.1, 0.15) is 5.84 Å².